The first-order valence-corrected chi connectivity index (χ1v) is 6.46. The van der Waals surface area contributed by atoms with Crippen LogP contribution in [0.25, 0.3) is 22.1 Å². The minimum Gasteiger partial charge on any atom is -0.478 e. The SMILES string of the molecule is CN(C)c1ccc2oc3cc(C(=O)O)c(N)nc3c(=O)c2c1. The average Bonchev–Trinajstić information content (AvgIpc) is 2.47. The summed E-state index contributed by atoms with van der Waals surface area (Å²) in [5.74, 6) is -1.44. The Hall–Kier alpha value is -3.09. The third kappa shape index (κ3) is 2.03. The van der Waals surface area contributed by atoms with E-state index in [4.69, 9.17) is 15.3 Å². The van der Waals surface area contributed by atoms with E-state index in [-0.39, 0.29) is 27.9 Å². The highest BCUT2D eigenvalue weighted by atomic mass is 16.4. The van der Waals surface area contributed by atoms with Crippen LogP contribution in [0, 0.1) is 0 Å². The molecule has 0 aliphatic heterocycles. The molecular weight excluding hydrogens is 286 g/mol. The summed E-state index contributed by atoms with van der Waals surface area (Å²) in [5.41, 5.74) is 6.39. The minimum absolute atomic E-state index is 0.0194. The van der Waals surface area contributed by atoms with Crippen molar-refractivity contribution in [3.05, 3.63) is 40.1 Å². The first kappa shape index (κ1) is 13.9. The Bertz CT molecular complexity index is 976. The number of fused-ring (bicyclic) bond motifs is 2. The summed E-state index contributed by atoms with van der Waals surface area (Å²) < 4.78 is 5.61. The van der Waals surface area contributed by atoms with E-state index in [1.165, 1.54) is 6.07 Å². The molecule has 3 aromatic rings. The fourth-order valence-electron chi connectivity index (χ4n) is 2.23. The number of nitrogens with zero attached hydrogens (tertiary/aromatic N) is 2. The van der Waals surface area contributed by atoms with Gasteiger partial charge in [0.2, 0.25) is 5.43 Å². The minimum atomic E-state index is -1.22. The molecule has 7 heteroatoms. The predicted molar refractivity (Wildman–Crippen MR) is 83.5 cm³/mol. The van der Waals surface area contributed by atoms with Crippen LogP contribution in [0.1, 0.15) is 10.4 Å². The third-order valence-electron chi connectivity index (χ3n) is 3.41. The Morgan fingerprint density at radius 3 is 2.64 bits per heavy atom. The summed E-state index contributed by atoms with van der Waals surface area (Å²) in [6.07, 6.45) is 0. The maximum absolute atomic E-state index is 12.6. The van der Waals surface area contributed by atoms with Crippen LogP contribution in [0.15, 0.2) is 33.5 Å². The number of carboxylic acid groups (broad SMARTS) is 1. The lowest BCUT2D eigenvalue weighted by Crippen LogP contribution is -2.12. The number of aromatic nitrogens is 1. The molecule has 0 amide bonds. The number of carbonyl (C=O) groups is 1. The highest BCUT2D eigenvalue weighted by Crippen LogP contribution is 2.24. The lowest BCUT2D eigenvalue weighted by molar-refractivity contribution is 0.0697. The maximum atomic E-state index is 12.6. The number of anilines is 2. The van der Waals surface area contributed by atoms with Crippen molar-refractivity contribution < 1.29 is 14.3 Å². The van der Waals surface area contributed by atoms with Crippen LogP contribution in [0.4, 0.5) is 11.5 Å². The summed E-state index contributed by atoms with van der Waals surface area (Å²) in [6.45, 7) is 0. The fourth-order valence-corrected chi connectivity index (χ4v) is 2.23. The Balaban J connectivity index is 2.41. The molecule has 0 aliphatic rings. The van der Waals surface area contributed by atoms with Crippen LogP contribution in [0.5, 0.6) is 0 Å². The Kier molecular flexibility index (Phi) is 2.98. The molecule has 3 N–H and O–H groups in total. The topological polar surface area (TPSA) is 110 Å². The monoisotopic (exact) mass is 299 g/mol. The number of hydrogen-bond donors (Lipinski definition) is 2. The molecule has 0 radical (unpaired) electrons. The molecule has 0 aliphatic carbocycles. The molecule has 3 rings (SSSR count). The van der Waals surface area contributed by atoms with Gasteiger partial charge in [0.25, 0.3) is 0 Å². The molecule has 112 valence electrons. The smallest absolute Gasteiger partial charge is 0.339 e. The predicted octanol–water partition coefficient (Wildman–Crippen LogP) is 1.69. The normalized spacial score (nSPS) is 11.0. The van der Waals surface area contributed by atoms with Crippen molar-refractivity contribution in [3.8, 4) is 0 Å². The Labute approximate surface area is 124 Å². The van der Waals surface area contributed by atoms with E-state index in [1.807, 2.05) is 19.0 Å². The van der Waals surface area contributed by atoms with Crippen molar-refractivity contribution >= 4 is 39.5 Å². The van der Waals surface area contributed by atoms with E-state index in [0.29, 0.717) is 11.0 Å². The second-order valence-electron chi connectivity index (χ2n) is 5.08. The van der Waals surface area contributed by atoms with Crippen LogP contribution >= 0.6 is 0 Å². The molecule has 0 saturated heterocycles. The van der Waals surface area contributed by atoms with E-state index in [1.54, 1.807) is 18.2 Å². The van der Waals surface area contributed by atoms with Gasteiger partial charge in [-0.2, -0.15) is 0 Å². The van der Waals surface area contributed by atoms with Gasteiger partial charge in [0.15, 0.2) is 11.1 Å². The van der Waals surface area contributed by atoms with Crippen molar-refractivity contribution in [2.75, 3.05) is 24.7 Å². The fraction of sp³-hybridized carbons (Fsp3) is 0.133. The zero-order chi connectivity index (χ0) is 16.0. The van der Waals surface area contributed by atoms with Gasteiger partial charge in [-0.25, -0.2) is 9.78 Å². The first-order chi connectivity index (χ1) is 10.4. The molecule has 0 bridgehead atoms. The molecule has 7 nitrogen and oxygen atoms in total. The number of rotatable bonds is 2. The average molecular weight is 299 g/mol. The number of benzene rings is 1. The quantitative estimate of drug-likeness (QED) is 0.693. The molecule has 0 fully saturated rings. The van der Waals surface area contributed by atoms with Crippen LogP contribution in [-0.4, -0.2) is 30.2 Å². The molecule has 0 spiro atoms. The maximum Gasteiger partial charge on any atom is 0.339 e. The van der Waals surface area contributed by atoms with Gasteiger partial charge in [0, 0.05) is 25.8 Å². The lowest BCUT2D eigenvalue weighted by atomic mass is 10.1. The van der Waals surface area contributed by atoms with Crippen molar-refractivity contribution in [2.45, 2.75) is 0 Å². The molecule has 1 aromatic carbocycles. The number of nitrogen functional groups attached to an aromatic ring is 1. The number of carboxylic acids is 1. The highest BCUT2D eigenvalue weighted by Gasteiger charge is 2.16. The molecule has 2 aromatic heterocycles. The molecule has 22 heavy (non-hydrogen) atoms. The largest absolute Gasteiger partial charge is 0.478 e. The van der Waals surface area contributed by atoms with Gasteiger partial charge in [-0.3, -0.25) is 4.79 Å². The highest BCUT2D eigenvalue weighted by molar-refractivity contribution is 5.98. The third-order valence-corrected chi connectivity index (χ3v) is 3.41. The van der Waals surface area contributed by atoms with Crippen LogP contribution < -0.4 is 16.1 Å². The standard InChI is InChI=1S/C15H13N3O4/c1-18(2)7-3-4-10-8(5-7)13(19)12-11(22-10)6-9(15(20)21)14(16)17-12/h3-6H,1-2H3,(H2,16,17)(H,20,21). The van der Waals surface area contributed by atoms with E-state index in [0.717, 1.165) is 5.69 Å². The van der Waals surface area contributed by atoms with Crippen molar-refractivity contribution in [1.82, 2.24) is 4.98 Å². The summed E-state index contributed by atoms with van der Waals surface area (Å²) in [5, 5.41) is 9.43. The van der Waals surface area contributed by atoms with Crippen LogP contribution in [0.3, 0.4) is 0 Å². The van der Waals surface area contributed by atoms with Crippen molar-refractivity contribution in [2.24, 2.45) is 0 Å². The van der Waals surface area contributed by atoms with E-state index < -0.39 is 5.97 Å². The van der Waals surface area contributed by atoms with Crippen LogP contribution in [0.2, 0.25) is 0 Å². The molecule has 0 saturated carbocycles. The van der Waals surface area contributed by atoms with Crippen molar-refractivity contribution in [3.63, 3.8) is 0 Å². The molecular formula is C15H13N3O4. The van der Waals surface area contributed by atoms with Gasteiger partial charge >= 0.3 is 5.97 Å². The summed E-state index contributed by atoms with van der Waals surface area (Å²) in [7, 11) is 3.72. The number of hydrogen-bond acceptors (Lipinski definition) is 6. The zero-order valence-corrected chi connectivity index (χ0v) is 12.0. The lowest BCUT2D eigenvalue weighted by Gasteiger charge is -2.12. The van der Waals surface area contributed by atoms with Gasteiger partial charge in [0.05, 0.1) is 5.39 Å². The number of nitrogens with two attached hydrogens (primary N) is 1. The number of pyridine rings is 1. The second-order valence-corrected chi connectivity index (χ2v) is 5.08. The Morgan fingerprint density at radius 1 is 1.27 bits per heavy atom. The summed E-state index contributed by atoms with van der Waals surface area (Å²) >= 11 is 0. The van der Waals surface area contributed by atoms with E-state index >= 15 is 0 Å². The molecule has 0 unspecified atom stereocenters. The second kappa shape index (κ2) is 4.73. The van der Waals surface area contributed by atoms with Gasteiger partial charge in [-0.05, 0) is 18.2 Å². The van der Waals surface area contributed by atoms with Gasteiger partial charge in [-0.15, -0.1) is 0 Å². The van der Waals surface area contributed by atoms with Crippen molar-refractivity contribution in [1.29, 1.82) is 0 Å². The van der Waals surface area contributed by atoms with E-state index in [2.05, 4.69) is 4.98 Å². The summed E-state index contributed by atoms with van der Waals surface area (Å²) in [6, 6.07) is 6.40. The number of aromatic carboxylic acids is 1. The van der Waals surface area contributed by atoms with Gasteiger partial charge in [-0.1, -0.05) is 0 Å². The van der Waals surface area contributed by atoms with E-state index in [9.17, 15) is 9.59 Å². The zero-order valence-electron chi connectivity index (χ0n) is 12.0. The van der Waals surface area contributed by atoms with Gasteiger partial charge < -0.3 is 20.2 Å². The summed E-state index contributed by atoms with van der Waals surface area (Å²) in [4.78, 5) is 29.4. The van der Waals surface area contributed by atoms with Crippen LogP contribution in [-0.2, 0) is 0 Å². The Morgan fingerprint density at radius 2 is 2.00 bits per heavy atom. The molecule has 2 heterocycles. The molecule has 0 atom stereocenters. The first-order valence-electron chi connectivity index (χ1n) is 6.46. The van der Waals surface area contributed by atoms with Gasteiger partial charge in [0.1, 0.15) is 17.0 Å².